The molecule has 0 amide bonds. The first-order chi connectivity index (χ1) is 7.38. The van der Waals surface area contributed by atoms with Gasteiger partial charge in [0.2, 0.25) is 0 Å². The highest BCUT2D eigenvalue weighted by molar-refractivity contribution is 5.18. The van der Waals surface area contributed by atoms with Gasteiger partial charge in [-0.3, -0.25) is 0 Å². The van der Waals surface area contributed by atoms with E-state index in [1.54, 1.807) is 13.8 Å². The van der Waals surface area contributed by atoms with Crippen molar-refractivity contribution in [3.8, 4) is 0 Å². The fourth-order valence-corrected chi connectivity index (χ4v) is 1.95. The van der Waals surface area contributed by atoms with E-state index in [0.29, 0.717) is 5.92 Å². The van der Waals surface area contributed by atoms with Crippen LogP contribution in [-0.4, -0.2) is 10.7 Å². The van der Waals surface area contributed by atoms with Crippen molar-refractivity contribution in [1.82, 2.24) is 0 Å². The summed E-state index contributed by atoms with van der Waals surface area (Å²) in [5.41, 5.74) is 2.24. The van der Waals surface area contributed by atoms with Crippen LogP contribution in [0.25, 0.3) is 0 Å². The van der Waals surface area contributed by atoms with Crippen LogP contribution in [0.4, 0.5) is 0 Å². The molecule has 1 unspecified atom stereocenters. The number of hydrogen-bond donors (Lipinski definition) is 1. The van der Waals surface area contributed by atoms with E-state index < -0.39 is 5.60 Å². The molecule has 0 saturated carbocycles. The van der Waals surface area contributed by atoms with Crippen LogP contribution in [0.5, 0.6) is 0 Å². The van der Waals surface area contributed by atoms with Gasteiger partial charge < -0.3 is 5.11 Å². The number of hydrogen-bond acceptors (Lipinski definition) is 1. The molecule has 0 fully saturated rings. The quantitative estimate of drug-likeness (QED) is 0.563. The summed E-state index contributed by atoms with van der Waals surface area (Å²) in [7, 11) is 0. The lowest BCUT2D eigenvalue weighted by molar-refractivity contribution is 0.133. The van der Waals surface area contributed by atoms with Gasteiger partial charge in [-0.1, -0.05) is 35.5 Å². The average molecular weight is 220 g/mol. The molecule has 0 bridgehead atoms. The minimum Gasteiger partial charge on any atom is -0.386 e. The molecular weight excluding hydrogens is 196 g/mol. The van der Waals surface area contributed by atoms with Gasteiger partial charge in [0.1, 0.15) is 0 Å². The molecule has 1 aliphatic carbocycles. The van der Waals surface area contributed by atoms with E-state index in [1.807, 2.05) is 12.2 Å². The van der Waals surface area contributed by atoms with Crippen LogP contribution in [0.1, 0.15) is 47.0 Å². The molecule has 0 aromatic heterocycles. The molecule has 1 atom stereocenters. The SMILES string of the molecule is CC1=CCC(/C(C)=C/C=C/C(C)(C)O)CC1. The summed E-state index contributed by atoms with van der Waals surface area (Å²) in [5, 5.41) is 9.55. The highest BCUT2D eigenvalue weighted by Crippen LogP contribution is 2.28. The molecule has 0 aromatic rings. The van der Waals surface area contributed by atoms with Gasteiger partial charge in [0.25, 0.3) is 0 Å². The van der Waals surface area contributed by atoms with Crippen molar-refractivity contribution in [1.29, 1.82) is 0 Å². The van der Waals surface area contributed by atoms with E-state index in [9.17, 15) is 5.11 Å². The zero-order valence-corrected chi connectivity index (χ0v) is 11.0. The lowest BCUT2D eigenvalue weighted by Crippen LogP contribution is -2.13. The van der Waals surface area contributed by atoms with Crippen molar-refractivity contribution < 1.29 is 5.11 Å². The maximum Gasteiger partial charge on any atom is 0.0774 e. The second-order valence-corrected chi connectivity index (χ2v) is 5.45. The van der Waals surface area contributed by atoms with Crippen molar-refractivity contribution in [2.75, 3.05) is 0 Å². The monoisotopic (exact) mass is 220 g/mol. The first-order valence-corrected chi connectivity index (χ1v) is 6.12. The highest BCUT2D eigenvalue weighted by atomic mass is 16.3. The smallest absolute Gasteiger partial charge is 0.0774 e. The Kier molecular flexibility index (Phi) is 4.55. The minimum absolute atomic E-state index is 0.690. The van der Waals surface area contributed by atoms with Gasteiger partial charge in [-0.15, -0.1) is 0 Å². The van der Waals surface area contributed by atoms with Crippen LogP contribution >= 0.6 is 0 Å². The maximum absolute atomic E-state index is 9.55. The Labute approximate surface area is 99.6 Å². The molecule has 0 spiro atoms. The van der Waals surface area contributed by atoms with E-state index in [1.165, 1.54) is 30.4 Å². The van der Waals surface area contributed by atoms with Crippen LogP contribution in [0.2, 0.25) is 0 Å². The first kappa shape index (κ1) is 13.2. The minimum atomic E-state index is -0.708. The van der Waals surface area contributed by atoms with Crippen molar-refractivity contribution in [2.45, 2.75) is 52.6 Å². The third kappa shape index (κ3) is 4.80. The second kappa shape index (κ2) is 5.49. The number of allylic oxidation sites excluding steroid dienone is 5. The van der Waals surface area contributed by atoms with Gasteiger partial charge in [0.05, 0.1) is 5.60 Å². The zero-order valence-electron chi connectivity index (χ0n) is 11.0. The molecule has 1 rings (SSSR count). The van der Waals surface area contributed by atoms with Crippen molar-refractivity contribution in [2.24, 2.45) is 5.92 Å². The van der Waals surface area contributed by atoms with Gasteiger partial charge >= 0.3 is 0 Å². The third-order valence-electron chi connectivity index (χ3n) is 3.15. The highest BCUT2D eigenvalue weighted by Gasteiger charge is 2.13. The van der Waals surface area contributed by atoms with E-state index in [4.69, 9.17) is 0 Å². The summed E-state index contributed by atoms with van der Waals surface area (Å²) in [4.78, 5) is 0. The Hall–Kier alpha value is -0.820. The van der Waals surface area contributed by atoms with E-state index in [0.717, 1.165) is 0 Å². The van der Waals surface area contributed by atoms with Crippen molar-refractivity contribution in [3.05, 3.63) is 35.5 Å². The molecule has 0 saturated heterocycles. The lowest BCUT2D eigenvalue weighted by Gasteiger charge is -2.21. The summed E-state index contributed by atoms with van der Waals surface area (Å²) < 4.78 is 0. The second-order valence-electron chi connectivity index (χ2n) is 5.45. The van der Waals surface area contributed by atoms with Crippen molar-refractivity contribution >= 4 is 0 Å². The molecule has 1 N–H and O–H groups in total. The normalized spacial score (nSPS) is 23.7. The standard InChI is InChI=1S/C15H24O/c1-12-7-9-14(10-8-12)13(2)6-5-11-15(3,4)16/h5-7,11,14,16H,8-10H2,1-4H3/b11-5+,13-6+. The topological polar surface area (TPSA) is 20.2 Å². The molecule has 0 aromatic carbocycles. The number of aliphatic hydroxyl groups is 1. The molecule has 1 nitrogen and oxygen atoms in total. The fraction of sp³-hybridized carbons (Fsp3) is 0.600. The van der Waals surface area contributed by atoms with Crippen molar-refractivity contribution in [3.63, 3.8) is 0 Å². The van der Waals surface area contributed by atoms with Crippen LogP contribution in [0.3, 0.4) is 0 Å². The van der Waals surface area contributed by atoms with Gasteiger partial charge in [-0.2, -0.15) is 0 Å². The maximum atomic E-state index is 9.55. The Bertz CT molecular complexity index is 313. The van der Waals surface area contributed by atoms with Crippen LogP contribution < -0.4 is 0 Å². The molecule has 0 heterocycles. The Morgan fingerprint density at radius 3 is 2.69 bits per heavy atom. The zero-order chi connectivity index (χ0) is 12.2. The van der Waals surface area contributed by atoms with E-state index >= 15 is 0 Å². The summed E-state index contributed by atoms with van der Waals surface area (Å²) in [6.45, 7) is 7.98. The van der Waals surface area contributed by atoms with Gasteiger partial charge in [0.15, 0.2) is 0 Å². The van der Waals surface area contributed by atoms with Crippen LogP contribution in [-0.2, 0) is 0 Å². The predicted molar refractivity (Wildman–Crippen MR) is 70.3 cm³/mol. The number of rotatable bonds is 3. The van der Waals surface area contributed by atoms with Gasteiger partial charge in [0, 0.05) is 0 Å². The predicted octanol–water partition coefficient (Wildman–Crippen LogP) is 4.01. The first-order valence-electron chi connectivity index (χ1n) is 6.12. The fourth-order valence-electron chi connectivity index (χ4n) is 1.95. The third-order valence-corrected chi connectivity index (χ3v) is 3.15. The molecule has 16 heavy (non-hydrogen) atoms. The molecule has 1 heteroatoms. The van der Waals surface area contributed by atoms with Gasteiger partial charge in [-0.25, -0.2) is 0 Å². The molecule has 0 radical (unpaired) electrons. The largest absolute Gasteiger partial charge is 0.386 e. The molecular formula is C15H24O. The summed E-state index contributed by atoms with van der Waals surface area (Å²) >= 11 is 0. The van der Waals surface area contributed by atoms with Gasteiger partial charge in [-0.05, 0) is 52.9 Å². The van der Waals surface area contributed by atoms with E-state index in [-0.39, 0.29) is 0 Å². The Balaban J connectivity index is 2.55. The average Bonchev–Trinajstić information content (AvgIpc) is 2.16. The molecule has 1 aliphatic rings. The summed E-state index contributed by atoms with van der Waals surface area (Å²) in [6, 6.07) is 0. The summed E-state index contributed by atoms with van der Waals surface area (Å²) in [5.74, 6) is 0.690. The lowest BCUT2D eigenvalue weighted by atomic mass is 9.85. The summed E-state index contributed by atoms with van der Waals surface area (Å²) in [6.07, 6.45) is 12.0. The Morgan fingerprint density at radius 2 is 2.19 bits per heavy atom. The molecule has 0 aliphatic heterocycles. The molecule has 90 valence electrons. The van der Waals surface area contributed by atoms with Crippen LogP contribution in [0.15, 0.2) is 35.5 Å². The van der Waals surface area contributed by atoms with E-state index in [2.05, 4.69) is 26.0 Å². The van der Waals surface area contributed by atoms with Crippen LogP contribution in [0, 0.1) is 5.92 Å². The Morgan fingerprint density at radius 1 is 1.50 bits per heavy atom.